The van der Waals surface area contributed by atoms with Crippen LogP contribution in [-0.4, -0.2) is 17.1 Å². The van der Waals surface area contributed by atoms with E-state index in [0.29, 0.717) is 5.00 Å². The molecule has 0 spiro atoms. The van der Waals surface area contributed by atoms with E-state index in [2.05, 4.69) is 0 Å². The van der Waals surface area contributed by atoms with E-state index in [9.17, 15) is 22.8 Å². The Labute approximate surface area is 144 Å². The number of thiophene rings is 1. The molecule has 0 amide bonds. The lowest BCUT2D eigenvalue weighted by Gasteiger charge is -2.14. The maximum atomic E-state index is 14.5. The van der Waals surface area contributed by atoms with E-state index in [-0.39, 0.29) is 17.7 Å². The third-order valence-electron chi connectivity index (χ3n) is 3.74. The molecule has 130 valence electrons. The van der Waals surface area contributed by atoms with E-state index >= 15 is 0 Å². The smallest absolute Gasteiger partial charge is 0.343 e. The fourth-order valence-electron chi connectivity index (χ4n) is 2.59. The first-order chi connectivity index (χ1) is 11.9. The van der Waals surface area contributed by atoms with Crippen molar-refractivity contribution in [3.8, 4) is 5.00 Å². The Hall–Kier alpha value is -2.61. The van der Waals surface area contributed by atoms with Gasteiger partial charge in [-0.1, -0.05) is 0 Å². The van der Waals surface area contributed by atoms with Gasteiger partial charge in [0.2, 0.25) is 5.43 Å². The molecule has 25 heavy (non-hydrogen) atoms. The molecule has 0 unspecified atom stereocenters. The number of rotatable bonds is 3. The second-order valence-electron chi connectivity index (χ2n) is 5.20. The van der Waals surface area contributed by atoms with Crippen LogP contribution < -0.4 is 5.43 Å². The Bertz CT molecular complexity index is 1040. The number of hydrogen-bond acceptors (Lipinski definition) is 4. The minimum Gasteiger partial charge on any atom is -0.462 e. The number of aryl methyl sites for hydroxylation is 1. The van der Waals surface area contributed by atoms with Crippen molar-refractivity contribution in [3.05, 3.63) is 62.5 Å². The predicted octanol–water partition coefficient (Wildman–Crippen LogP) is 3.95. The highest BCUT2D eigenvalue weighted by atomic mass is 32.1. The van der Waals surface area contributed by atoms with Crippen LogP contribution >= 0.6 is 11.3 Å². The Morgan fingerprint density at radius 1 is 1.24 bits per heavy atom. The maximum Gasteiger partial charge on any atom is 0.343 e. The number of carbonyl (C=O) groups excluding carboxylic acids is 1. The van der Waals surface area contributed by atoms with Gasteiger partial charge >= 0.3 is 5.97 Å². The number of pyridine rings is 1. The summed E-state index contributed by atoms with van der Waals surface area (Å²) in [6.45, 7) is 2.76. The molecule has 3 aromatic rings. The molecule has 0 fully saturated rings. The van der Waals surface area contributed by atoms with Crippen molar-refractivity contribution in [2.24, 2.45) is 0 Å². The Morgan fingerprint density at radius 2 is 1.96 bits per heavy atom. The van der Waals surface area contributed by atoms with Crippen LogP contribution in [-0.2, 0) is 4.74 Å². The van der Waals surface area contributed by atoms with Crippen molar-refractivity contribution < 1.29 is 22.7 Å². The van der Waals surface area contributed by atoms with Crippen LogP contribution in [0.1, 0.15) is 22.8 Å². The van der Waals surface area contributed by atoms with Crippen molar-refractivity contribution in [2.75, 3.05) is 6.61 Å². The number of benzene rings is 1. The predicted molar refractivity (Wildman–Crippen MR) is 88.0 cm³/mol. The lowest BCUT2D eigenvalue weighted by atomic mass is 10.0. The first kappa shape index (κ1) is 17.2. The standard InChI is InChI=1S/C17H12F3NO3S/c1-3-24-17(23)9-7-21(10-5-4-6-25-10)15-11(16(9)22)8(2)12(18)13(19)14(15)20/h4-7H,3H2,1-2H3. The summed E-state index contributed by atoms with van der Waals surface area (Å²) in [7, 11) is 0. The van der Waals surface area contributed by atoms with E-state index in [4.69, 9.17) is 4.74 Å². The fraction of sp³-hybridized carbons (Fsp3) is 0.176. The highest BCUT2D eigenvalue weighted by molar-refractivity contribution is 7.12. The molecule has 8 heteroatoms. The van der Waals surface area contributed by atoms with Crippen LogP contribution in [0.25, 0.3) is 15.9 Å². The average Bonchev–Trinajstić information content (AvgIpc) is 3.12. The molecular weight excluding hydrogens is 355 g/mol. The molecule has 0 bridgehead atoms. The molecule has 1 aromatic carbocycles. The molecule has 0 aliphatic heterocycles. The zero-order chi connectivity index (χ0) is 18.3. The first-order valence-corrected chi connectivity index (χ1v) is 8.19. The number of esters is 1. The molecule has 2 aromatic heterocycles. The molecule has 0 atom stereocenters. The number of hydrogen-bond donors (Lipinski definition) is 0. The number of fused-ring (bicyclic) bond motifs is 1. The minimum absolute atomic E-state index is 0.0282. The van der Waals surface area contributed by atoms with E-state index in [1.165, 1.54) is 15.9 Å². The molecule has 3 rings (SSSR count). The Balaban J connectivity index is 2.54. The fourth-order valence-corrected chi connectivity index (χ4v) is 3.30. The van der Waals surface area contributed by atoms with Gasteiger partial charge in [0.1, 0.15) is 5.56 Å². The molecule has 0 saturated heterocycles. The lowest BCUT2D eigenvalue weighted by Crippen LogP contribution is -2.22. The van der Waals surface area contributed by atoms with E-state index in [0.717, 1.165) is 13.1 Å². The summed E-state index contributed by atoms with van der Waals surface area (Å²) in [6, 6.07) is 3.26. The topological polar surface area (TPSA) is 48.3 Å². The van der Waals surface area contributed by atoms with Crippen molar-refractivity contribution >= 4 is 28.2 Å². The molecule has 0 saturated carbocycles. The zero-order valence-corrected chi connectivity index (χ0v) is 14.0. The van der Waals surface area contributed by atoms with Gasteiger partial charge in [-0.15, -0.1) is 11.3 Å². The summed E-state index contributed by atoms with van der Waals surface area (Å²) < 4.78 is 48.4. The van der Waals surface area contributed by atoms with Gasteiger partial charge in [-0.3, -0.25) is 4.79 Å². The van der Waals surface area contributed by atoms with E-state index in [1.54, 1.807) is 24.4 Å². The van der Waals surface area contributed by atoms with Crippen LogP contribution in [0.3, 0.4) is 0 Å². The van der Waals surface area contributed by atoms with E-state index in [1.807, 2.05) is 0 Å². The van der Waals surface area contributed by atoms with Gasteiger partial charge in [0.05, 0.1) is 22.5 Å². The number of halogens is 3. The Kier molecular flexibility index (Phi) is 4.38. The second kappa shape index (κ2) is 6.36. The third-order valence-corrected chi connectivity index (χ3v) is 4.61. The van der Waals surface area contributed by atoms with E-state index < -0.39 is 39.8 Å². The normalized spacial score (nSPS) is 11.1. The number of aromatic nitrogens is 1. The van der Waals surface area contributed by atoms with Gasteiger partial charge in [-0.2, -0.15) is 0 Å². The van der Waals surface area contributed by atoms with Gasteiger partial charge in [0.15, 0.2) is 17.5 Å². The lowest BCUT2D eigenvalue weighted by molar-refractivity contribution is 0.0524. The van der Waals surface area contributed by atoms with Crippen molar-refractivity contribution in [1.29, 1.82) is 0 Å². The summed E-state index contributed by atoms with van der Waals surface area (Å²) in [4.78, 5) is 24.7. The van der Waals surface area contributed by atoms with Gasteiger partial charge in [0.25, 0.3) is 0 Å². The largest absolute Gasteiger partial charge is 0.462 e. The summed E-state index contributed by atoms with van der Waals surface area (Å²) in [5, 5.41) is 1.73. The van der Waals surface area contributed by atoms with Gasteiger partial charge < -0.3 is 9.30 Å². The summed E-state index contributed by atoms with van der Waals surface area (Å²) >= 11 is 1.18. The van der Waals surface area contributed by atoms with Crippen LogP contribution in [0.15, 0.2) is 28.5 Å². The minimum atomic E-state index is -1.67. The van der Waals surface area contributed by atoms with Crippen molar-refractivity contribution in [3.63, 3.8) is 0 Å². The molecule has 2 heterocycles. The molecule has 4 nitrogen and oxygen atoms in total. The zero-order valence-electron chi connectivity index (χ0n) is 13.2. The number of carbonyl (C=O) groups is 1. The third kappa shape index (κ3) is 2.62. The first-order valence-electron chi connectivity index (χ1n) is 7.31. The van der Waals surface area contributed by atoms with Crippen molar-refractivity contribution in [1.82, 2.24) is 4.57 Å². The van der Waals surface area contributed by atoms with Gasteiger partial charge in [-0.25, -0.2) is 18.0 Å². The van der Waals surface area contributed by atoms with Crippen LogP contribution in [0.2, 0.25) is 0 Å². The quantitative estimate of drug-likeness (QED) is 0.520. The summed E-state index contributed by atoms with van der Waals surface area (Å²) in [5.74, 6) is -5.53. The van der Waals surface area contributed by atoms with Crippen molar-refractivity contribution in [2.45, 2.75) is 13.8 Å². The molecular formula is C17H12F3NO3S. The highest BCUT2D eigenvalue weighted by Crippen LogP contribution is 2.29. The Morgan fingerprint density at radius 3 is 2.56 bits per heavy atom. The number of nitrogens with zero attached hydrogens (tertiary/aromatic N) is 1. The van der Waals surface area contributed by atoms with Gasteiger partial charge in [-0.05, 0) is 31.4 Å². The molecule has 0 aliphatic carbocycles. The highest BCUT2D eigenvalue weighted by Gasteiger charge is 2.26. The summed E-state index contributed by atoms with van der Waals surface area (Å²) in [6.07, 6.45) is 1.09. The molecule has 0 radical (unpaired) electrons. The van der Waals surface area contributed by atoms with Crippen LogP contribution in [0.4, 0.5) is 13.2 Å². The molecule has 0 N–H and O–H groups in total. The van der Waals surface area contributed by atoms with Gasteiger partial charge in [0, 0.05) is 11.8 Å². The van der Waals surface area contributed by atoms with Crippen LogP contribution in [0, 0.1) is 24.4 Å². The average molecular weight is 367 g/mol. The molecule has 0 aliphatic rings. The second-order valence-corrected chi connectivity index (χ2v) is 6.13. The maximum absolute atomic E-state index is 14.5. The monoisotopic (exact) mass is 367 g/mol. The SMILES string of the molecule is CCOC(=O)c1cn(-c2cccs2)c2c(F)c(F)c(F)c(C)c2c1=O. The number of ether oxygens (including phenoxy) is 1. The summed E-state index contributed by atoms with van der Waals surface area (Å²) in [5.41, 5.74) is -2.07. The van der Waals surface area contributed by atoms with Crippen LogP contribution in [0.5, 0.6) is 0 Å².